The van der Waals surface area contributed by atoms with Crippen LogP contribution in [0.15, 0.2) is 35.2 Å². The van der Waals surface area contributed by atoms with Gasteiger partial charge in [0.2, 0.25) is 10.0 Å². The molecule has 0 fully saturated rings. The summed E-state index contributed by atoms with van der Waals surface area (Å²) in [4.78, 5) is 2.08. The fourth-order valence-electron chi connectivity index (χ4n) is 1.77. The van der Waals surface area contributed by atoms with Crippen LogP contribution in [0.4, 0.5) is 5.69 Å². The Balaban J connectivity index is 2.29. The summed E-state index contributed by atoms with van der Waals surface area (Å²) in [5.74, 6) is 0. The first-order chi connectivity index (χ1) is 9.29. The minimum absolute atomic E-state index is 0.000653. The molecule has 108 valence electrons. The van der Waals surface area contributed by atoms with E-state index in [4.69, 9.17) is 17.3 Å². The zero-order valence-electron chi connectivity index (χ0n) is 11.1. The fourth-order valence-corrected chi connectivity index (χ4v) is 4.48. The van der Waals surface area contributed by atoms with E-state index in [-0.39, 0.29) is 16.0 Å². The van der Waals surface area contributed by atoms with Crippen molar-refractivity contribution >= 4 is 38.6 Å². The molecule has 0 saturated carbocycles. The maximum Gasteiger partial charge on any atom is 0.242 e. The molecule has 1 aromatic carbocycles. The summed E-state index contributed by atoms with van der Waals surface area (Å²) in [6, 6.07) is 7.94. The van der Waals surface area contributed by atoms with E-state index in [1.54, 1.807) is 24.3 Å². The average molecular weight is 331 g/mol. The van der Waals surface area contributed by atoms with Crippen molar-refractivity contribution in [1.82, 2.24) is 4.72 Å². The highest BCUT2D eigenvalue weighted by Crippen LogP contribution is 2.27. The van der Waals surface area contributed by atoms with Crippen LogP contribution >= 0.6 is 22.9 Å². The van der Waals surface area contributed by atoms with Gasteiger partial charge in [-0.2, -0.15) is 0 Å². The van der Waals surface area contributed by atoms with Crippen molar-refractivity contribution in [3.8, 4) is 0 Å². The van der Waals surface area contributed by atoms with E-state index in [0.29, 0.717) is 5.69 Å². The predicted octanol–water partition coefficient (Wildman–Crippen LogP) is 3.33. The van der Waals surface area contributed by atoms with Crippen molar-refractivity contribution in [3.05, 3.63) is 45.1 Å². The summed E-state index contributed by atoms with van der Waals surface area (Å²) in [5.41, 5.74) is 5.98. The number of aryl methyl sites for hydroxylation is 1. The molecular weight excluding hydrogens is 316 g/mol. The van der Waals surface area contributed by atoms with Crippen LogP contribution < -0.4 is 10.5 Å². The highest BCUT2D eigenvalue weighted by atomic mass is 35.5. The second kappa shape index (κ2) is 5.73. The average Bonchev–Trinajstić information content (AvgIpc) is 2.78. The summed E-state index contributed by atoms with van der Waals surface area (Å²) in [5, 5.41) is 0.154. The molecule has 0 spiro atoms. The van der Waals surface area contributed by atoms with Gasteiger partial charge in [-0.3, -0.25) is 0 Å². The van der Waals surface area contributed by atoms with Gasteiger partial charge in [-0.05, 0) is 44.2 Å². The standard InChI is InChI=1S/C13H15ClN2O2S2/c1-8-3-6-12(19-8)9(2)16-20(17,18)13-7-10(15)4-5-11(13)14/h3-7,9,16H,15H2,1-2H3. The summed E-state index contributed by atoms with van der Waals surface area (Å²) in [7, 11) is -3.71. The van der Waals surface area contributed by atoms with Gasteiger partial charge < -0.3 is 5.73 Å². The molecule has 0 aliphatic carbocycles. The van der Waals surface area contributed by atoms with E-state index in [2.05, 4.69) is 4.72 Å². The first-order valence-corrected chi connectivity index (χ1v) is 8.61. The third-order valence-electron chi connectivity index (χ3n) is 2.76. The molecule has 0 radical (unpaired) electrons. The van der Waals surface area contributed by atoms with E-state index in [1.165, 1.54) is 12.1 Å². The number of nitrogens with two attached hydrogens (primary N) is 1. The molecular formula is C13H15ClN2O2S2. The number of rotatable bonds is 4. The minimum Gasteiger partial charge on any atom is -0.399 e. The largest absolute Gasteiger partial charge is 0.399 e. The van der Waals surface area contributed by atoms with Crippen molar-refractivity contribution in [2.75, 3.05) is 5.73 Å². The number of benzene rings is 1. The van der Waals surface area contributed by atoms with Crippen LogP contribution in [-0.4, -0.2) is 8.42 Å². The Morgan fingerprint density at radius 1 is 1.30 bits per heavy atom. The van der Waals surface area contributed by atoms with Crippen LogP contribution in [0.3, 0.4) is 0 Å². The van der Waals surface area contributed by atoms with Crippen LogP contribution in [0.5, 0.6) is 0 Å². The summed E-state index contributed by atoms with van der Waals surface area (Å²) < 4.78 is 27.3. The first kappa shape index (κ1) is 15.3. The smallest absolute Gasteiger partial charge is 0.242 e. The van der Waals surface area contributed by atoms with Gasteiger partial charge in [-0.25, -0.2) is 13.1 Å². The second-order valence-electron chi connectivity index (χ2n) is 4.48. The van der Waals surface area contributed by atoms with Crippen molar-refractivity contribution in [2.24, 2.45) is 0 Å². The highest BCUT2D eigenvalue weighted by molar-refractivity contribution is 7.89. The first-order valence-electron chi connectivity index (χ1n) is 5.93. The Morgan fingerprint density at radius 2 is 2.00 bits per heavy atom. The van der Waals surface area contributed by atoms with Gasteiger partial charge in [0, 0.05) is 15.4 Å². The fraction of sp³-hybridized carbons (Fsp3) is 0.231. The Hall–Kier alpha value is -1.08. The van der Waals surface area contributed by atoms with Gasteiger partial charge >= 0.3 is 0 Å². The van der Waals surface area contributed by atoms with E-state index < -0.39 is 10.0 Å². The monoisotopic (exact) mass is 330 g/mol. The molecule has 0 aliphatic heterocycles. The Kier molecular flexibility index (Phi) is 4.39. The summed E-state index contributed by atoms with van der Waals surface area (Å²) in [6.45, 7) is 3.77. The van der Waals surface area contributed by atoms with Gasteiger partial charge in [-0.1, -0.05) is 11.6 Å². The van der Waals surface area contributed by atoms with E-state index in [9.17, 15) is 8.42 Å². The van der Waals surface area contributed by atoms with Gasteiger partial charge in [0.15, 0.2) is 0 Å². The normalized spacial score (nSPS) is 13.3. The molecule has 1 unspecified atom stereocenters. The Labute approximate surface area is 127 Å². The third kappa shape index (κ3) is 3.32. The maximum absolute atomic E-state index is 12.3. The number of nitrogen functional groups attached to an aromatic ring is 1. The van der Waals surface area contributed by atoms with Crippen LogP contribution in [0.2, 0.25) is 5.02 Å². The molecule has 7 heteroatoms. The molecule has 1 heterocycles. The molecule has 20 heavy (non-hydrogen) atoms. The van der Waals surface area contributed by atoms with E-state index >= 15 is 0 Å². The summed E-state index contributed by atoms with van der Waals surface area (Å²) >= 11 is 7.50. The lowest BCUT2D eigenvalue weighted by atomic mass is 10.3. The topological polar surface area (TPSA) is 72.2 Å². The maximum atomic E-state index is 12.3. The van der Waals surface area contributed by atoms with Crippen molar-refractivity contribution < 1.29 is 8.42 Å². The van der Waals surface area contributed by atoms with Gasteiger partial charge in [0.05, 0.1) is 11.1 Å². The lowest BCUT2D eigenvalue weighted by Gasteiger charge is -2.14. The highest BCUT2D eigenvalue weighted by Gasteiger charge is 2.22. The van der Waals surface area contributed by atoms with Crippen LogP contribution in [0, 0.1) is 6.92 Å². The zero-order chi connectivity index (χ0) is 14.9. The molecule has 2 rings (SSSR count). The van der Waals surface area contributed by atoms with Crippen LogP contribution in [-0.2, 0) is 10.0 Å². The number of hydrogen-bond donors (Lipinski definition) is 2. The molecule has 0 bridgehead atoms. The van der Waals surface area contributed by atoms with Crippen molar-refractivity contribution in [3.63, 3.8) is 0 Å². The Morgan fingerprint density at radius 3 is 2.60 bits per heavy atom. The molecule has 1 atom stereocenters. The van der Waals surface area contributed by atoms with Gasteiger partial charge in [0.1, 0.15) is 4.90 Å². The SMILES string of the molecule is Cc1ccc(C(C)NS(=O)(=O)c2cc(N)ccc2Cl)s1. The van der Waals surface area contributed by atoms with E-state index in [0.717, 1.165) is 9.75 Å². The number of halogens is 1. The number of thiophene rings is 1. The molecule has 2 aromatic rings. The van der Waals surface area contributed by atoms with E-state index in [1.807, 2.05) is 19.1 Å². The third-order valence-corrected chi connectivity index (χ3v) is 5.97. The Bertz CT molecular complexity index is 726. The van der Waals surface area contributed by atoms with Gasteiger partial charge in [-0.15, -0.1) is 11.3 Å². The number of hydrogen-bond acceptors (Lipinski definition) is 4. The predicted molar refractivity (Wildman–Crippen MR) is 83.7 cm³/mol. The second-order valence-corrected chi connectivity index (χ2v) is 7.89. The molecule has 0 amide bonds. The van der Waals surface area contributed by atoms with Crippen molar-refractivity contribution in [2.45, 2.75) is 24.8 Å². The molecule has 3 N–H and O–H groups in total. The van der Waals surface area contributed by atoms with Crippen molar-refractivity contribution in [1.29, 1.82) is 0 Å². The van der Waals surface area contributed by atoms with Crippen LogP contribution in [0.1, 0.15) is 22.7 Å². The number of sulfonamides is 1. The number of anilines is 1. The number of nitrogens with one attached hydrogen (secondary N) is 1. The molecule has 4 nitrogen and oxygen atoms in total. The van der Waals surface area contributed by atoms with Crippen LogP contribution in [0.25, 0.3) is 0 Å². The molecule has 0 saturated heterocycles. The lowest BCUT2D eigenvalue weighted by molar-refractivity contribution is 0.568. The minimum atomic E-state index is -3.71. The van der Waals surface area contributed by atoms with Gasteiger partial charge in [0.25, 0.3) is 0 Å². The molecule has 0 aliphatic rings. The lowest BCUT2D eigenvalue weighted by Crippen LogP contribution is -2.26. The quantitative estimate of drug-likeness (QED) is 0.844. The zero-order valence-corrected chi connectivity index (χ0v) is 13.4. The summed E-state index contributed by atoms with van der Waals surface area (Å²) in [6.07, 6.45) is 0. The molecule has 1 aromatic heterocycles.